The van der Waals surface area contributed by atoms with Gasteiger partial charge in [-0.1, -0.05) is 146 Å². The van der Waals surface area contributed by atoms with Crippen LogP contribution in [0.4, 0.5) is 17.1 Å². The van der Waals surface area contributed by atoms with Crippen LogP contribution in [-0.2, 0) is 0 Å². The molecule has 0 aliphatic carbocycles. The van der Waals surface area contributed by atoms with Crippen molar-refractivity contribution in [3.8, 4) is 62.5 Å². The quantitative estimate of drug-likeness (QED) is 0.170. The van der Waals surface area contributed by atoms with Gasteiger partial charge in [0.2, 0.25) is 5.95 Å². The van der Waals surface area contributed by atoms with Crippen LogP contribution in [0.2, 0.25) is 0 Å². The van der Waals surface area contributed by atoms with Crippen LogP contribution in [0.5, 0.6) is 11.5 Å². The van der Waals surface area contributed by atoms with Gasteiger partial charge in [0.1, 0.15) is 0 Å². The molecule has 8 aromatic carbocycles. The fourth-order valence-electron chi connectivity index (χ4n) is 7.91. The number of aromatic nitrogens is 4. The molecule has 1 aliphatic heterocycles. The molecule has 3 heterocycles. The van der Waals surface area contributed by atoms with Crippen molar-refractivity contribution in [2.24, 2.45) is 0 Å². The van der Waals surface area contributed by atoms with Gasteiger partial charge in [-0.2, -0.15) is 9.97 Å². The first-order valence-corrected chi connectivity index (χ1v) is 19.0. The lowest BCUT2D eigenvalue weighted by molar-refractivity contribution is 0.477. The molecule has 0 atom stereocenters. The minimum atomic E-state index is 0.579. The molecule has 0 unspecified atom stereocenters. The average Bonchev–Trinajstić information content (AvgIpc) is 3.62. The number of fused-ring (bicyclic) bond motifs is 5. The van der Waals surface area contributed by atoms with Crippen molar-refractivity contribution < 1.29 is 4.74 Å². The molecule has 57 heavy (non-hydrogen) atoms. The van der Waals surface area contributed by atoms with Crippen LogP contribution in [0.25, 0.3) is 72.8 Å². The molecule has 0 saturated heterocycles. The summed E-state index contributed by atoms with van der Waals surface area (Å²) in [5.74, 6) is 3.50. The molecule has 0 saturated carbocycles. The van der Waals surface area contributed by atoms with Crippen molar-refractivity contribution in [2.75, 3.05) is 4.90 Å². The van der Waals surface area contributed by atoms with Gasteiger partial charge in [-0.25, -0.2) is 4.98 Å². The summed E-state index contributed by atoms with van der Waals surface area (Å²) in [6.45, 7) is 0. The highest BCUT2D eigenvalue weighted by Gasteiger charge is 2.26. The summed E-state index contributed by atoms with van der Waals surface area (Å²) in [6.07, 6.45) is 0. The molecule has 0 fully saturated rings. The van der Waals surface area contributed by atoms with Crippen molar-refractivity contribution in [2.45, 2.75) is 0 Å². The highest BCUT2D eigenvalue weighted by atomic mass is 16.5. The van der Waals surface area contributed by atoms with Crippen LogP contribution >= 0.6 is 0 Å². The molecule has 0 radical (unpaired) electrons. The fraction of sp³-hybridized carbons (Fsp3) is 0. The summed E-state index contributed by atoms with van der Waals surface area (Å²) in [5, 5.41) is 2.26. The topological polar surface area (TPSA) is 56.1 Å². The predicted molar refractivity (Wildman–Crippen MR) is 231 cm³/mol. The van der Waals surface area contributed by atoms with Gasteiger partial charge >= 0.3 is 0 Å². The molecule has 0 spiro atoms. The third-order valence-corrected chi connectivity index (χ3v) is 10.7. The van der Waals surface area contributed by atoms with Gasteiger partial charge in [0.25, 0.3) is 0 Å². The number of anilines is 3. The zero-order valence-electron chi connectivity index (χ0n) is 30.7. The van der Waals surface area contributed by atoms with E-state index in [9.17, 15) is 0 Å². The van der Waals surface area contributed by atoms with Crippen LogP contribution in [0.15, 0.2) is 200 Å². The molecular formula is C51H33N5O. The van der Waals surface area contributed by atoms with Gasteiger partial charge in [-0.05, 0) is 76.9 Å². The monoisotopic (exact) mass is 731 g/mol. The van der Waals surface area contributed by atoms with E-state index in [2.05, 4.69) is 125 Å². The zero-order chi connectivity index (χ0) is 37.7. The second kappa shape index (κ2) is 13.5. The Labute approximate surface area is 329 Å². The average molecular weight is 732 g/mol. The Balaban J connectivity index is 0.970. The minimum Gasteiger partial charge on any atom is -0.453 e. The van der Waals surface area contributed by atoms with E-state index in [0.29, 0.717) is 17.6 Å². The maximum atomic E-state index is 6.50. The van der Waals surface area contributed by atoms with E-state index < -0.39 is 0 Å². The highest BCUT2D eigenvalue weighted by Crippen LogP contribution is 2.51. The third-order valence-electron chi connectivity index (χ3n) is 10.7. The standard InChI is InChI=1S/C51H33N5O/c1-4-14-36(15-5-1)49-52-50(37-16-6-2-7-17-37)54-51(53-49)56-43-21-11-10-20-41(43)42-32-38(28-30-44(42)56)34-24-26-35(27-25-34)39-29-31-46-48(33-39)57-47-23-13-12-22-45(47)55(46)40-18-8-3-9-19-40/h1-33H. The molecule has 2 aromatic heterocycles. The summed E-state index contributed by atoms with van der Waals surface area (Å²) in [6, 6.07) is 69.2. The zero-order valence-corrected chi connectivity index (χ0v) is 30.7. The largest absolute Gasteiger partial charge is 0.453 e. The number of para-hydroxylation sites is 4. The Kier molecular flexibility index (Phi) is 7.71. The summed E-state index contributed by atoms with van der Waals surface area (Å²) in [7, 11) is 0. The SMILES string of the molecule is c1ccc(-c2nc(-c3ccccc3)nc(-n3c4ccccc4c4cc(-c5ccc(-c6ccc7c(c6)Oc6ccccc6N7c6ccccc6)cc5)ccc43)n2)cc1. The molecule has 1 aliphatic rings. The van der Waals surface area contributed by atoms with E-state index in [1.165, 1.54) is 0 Å². The second-order valence-corrected chi connectivity index (χ2v) is 14.1. The van der Waals surface area contributed by atoms with Crippen LogP contribution < -0.4 is 9.64 Å². The molecule has 0 N–H and O–H groups in total. The van der Waals surface area contributed by atoms with E-state index in [1.54, 1.807) is 0 Å². The van der Waals surface area contributed by atoms with Gasteiger partial charge in [-0.15, -0.1) is 0 Å². The summed E-state index contributed by atoms with van der Waals surface area (Å²) < 4.78 is 8.66. The van der Waals surface area contributed by atoms with Crippen LogP contribution in [-0.4, -0.2) is 19.5 Å². The van der Waals surface area contributed by atoms with Crippen molar-refractivity contribution in [3.63, 3.8) is 0 Å². The Morgan fingerprint density at radius 2 is 0.877 bits per heavy atom. The van der Waals surface area contributed by atoms with E-state index in [1.807, 2.05) is 84.9 Å². The van der Waals surface area contributed by atoms with Crippen molar-refractivity contribution in [1.82, 2.24) is 19.5 Å². The van der Waals surface area contributed by atoms with Gasteiger partial charge in [0, 0.05) is 27.6 Å². The Morgan fingerprint density at radius 1 is 0.351 bits per heavy atom. The normalized spacial score (nSPS) is 12.0. The molecule has 0 bridgehead atoms. The van der Waals surface area contributed by atoms with Crippen molar-refractivity contribution in [1.29, 1.82) is 0 Å². The number of nitrogens with zero attached hydrogens (tertiary/aromatic N) is 5. The Morgan fingerprint density at radius 3 is 1.58 bits per heavy atom. The van der Waals surface area contributed by atoms with E-state index in [4.69, 9.17) is 19.7 Å². The second-order valence-electron chi connectivity index (χ2n) is 14.1. The molecule has 0 amide bonds. The van der Waals surface area contributed by atoms with Crippen LogP contribution in [0.1, 0.15) is 0 Å². The van der Waals surface area contributed by atoms with Gasteiger partial charge in [0.15, 0.2) is 23.1 Å². The third kappa shape index (κ3) is 5.70. The first-order chi connectivity index (χ1) is 28.2. The summed E-state index contributed by atoms with van der Waals surface area (Å²) in [5.41, 5.74) is 11.5. The number of rotatable bonds is 6. The Bertz CT molecular complexity index is 3030. The Hall–Kier alpha value is -7.83. The number of benzene rings is 8. The molecule has 11 rings (SSSR count). The lowest BCUT2D eigenvalue weighted by atomic mass is 9.98. The molecular weight excluding hydrogens is 699 g/mol. The predicted octanol–water partition coefficient (Wildman–Crippen LogP) is 13.2. The molecule has 10 aromatic rings. The van der Waals surface area contributed by atoms with Crippen LogP contribution in [0.3, 0.4) is 0 Å². The first-order valence-electron chi connectivity index (χ1n) is 19.0. The molecule has 6 heteroatoms. The molecule has 268 valence electrons. The van der Waals surface area contributed by atoms with E-state index >= 15 is 0 Å². The summed E-state index contributed by atoms with van der Waals surface area (Å²) in [4.78, 5) is 17.3. The number of hydrogen-bond acceptors (Lipinski definition) is 5. The maximum absolute atomic E-state index is 6.50. The maximum Gasteiger partial charge on any atom is 0.238 e. The van der Waals surface area contributed by atoms with Gasteiger partial charge in [0.05, 0.1) is 22.4 Å². The van der Waals surface area contributed by atoms with E-state index in [-0.39, 0.29) is 0 Å². The summed E-state index contributed by atoms with van der Waals surface area (Å²) >= 11 is 0. The highest BCUT2D eigenvalue weighted by molar-refractivity contribution is 6.10. The van der Waals surface area contributed by atoms with Gasteiger partial charge in [-0.3, -0.25) is 4.57 Å². The number of hydrogen-bond donors (Lipinski definition) is 0. The smallest absolute Gasteiger partial charge is 0.238 e. The van der Waals surface area contributed by atoms with E-state index in [0.717, 1.165) is 83.7 Å². The first kappa shape index (κ1) is 32.6. The van der Waals surface area contributed by atoms with Crippen molar-refractivity contribution >= 4 is 38.9 Å². The number of ether oxygens (including phenoxy) is 1. The lowest BCUT2D eigenvalue weighted by Crippen LogP contribution is -2.15. The van der Waals surface area contributed by atoms with Gasteiger partial charge < -0.3 is 9.64 Å². The fourth-order valence-corrected chi connectivity index (χ4v) is 7.91. The van der Waals surface area contributed by atoms with Crippen LogP contribution in [0, 0.1) is 0 Å². The van der Waals surface area contributed by atoms with Crippen molar-refractivity contribution in [3.05, 3.63) is 200 Å². The molecule has 6 nitrogen and oxygen atoms in total. The lowest BCUT2D eigenvalue weighted by Gasteiger charge is -2.33. The minimum absolute atomic E-state index is 0.579.